The number of para-hydroxylation sites is 2. The van der Waals surface area contributed by atoms with Gasteiger partial charge in [-0.3, -0.25) is 0 Å². The van der Waals surface area contributed by atoms with Gasteiger partial charge in [0.15, 0.2) is 0 Å². The molecule has 0 spiro atoms. The van der Waals surface area contributed by atoms with Crippen molar-refractivity contribution in [2.75, 3.05) is 38.6 Å². The largest absolute Gasteiger partial charge is 0.381 e. The van der Waals surface area contributed by atoms with E-state index in [4.69, 9.17) is 4.74 Å². The van der Waals surface area contributed by atoms with Gasteiger partial charge in [0.05, 0.1) is 17.1 Å². The Hall–Kier alpha value is -1.59. The predicted octanol–water partition coefficient (Wildman–Crippen LogP) is 2.09. The fourth-order valence-corrected chi connectivity index (χ4v) is 2.74. The van der Waals surface area contributed by atoms with Gasteiger partial charge in [-0.05, 0) is 25.0 Å². The first kappa shape index (κ1) is 13.4. The molecule has 0 unspecified atom stereocenters. The topological polar surface area (TPSA) is 53.2 Å². The molecule has 2 aromatic rings. The predicted molar refractivity (Wildman–Crippen MR) is 81.1 cm³/mol. The summed E-state index contributed by atoms with van der Waals surface area (Å²) in [4.78, 5) is 10.3. The molecule has 0 amide bonds. The van der Waals surface area contributed by atoms with Gasteiger partial charge in [0.1, 0.15) is 0 Å². The first-order valence-electron chi connectivity index (χ1n) is 7.29. The number of aromatic nitrogens is 2. The number of rotatable bonds is 5. The van der Waals surface area contributed by atoms with Crippen LogP contribution in [0.15, 0.2) is 24.3 Å². The molecule has 1 aliphatic heterocycles. The van der Waals surface area contributed by atoms with Crippen molar-refractivity contribution >= 4 is 17.0 Å². The van der Waals surface area contributed by atoms with Crippen LogP contribution in [0.2, 0.25) is 0 Å². The lowest BCUT2D eigenvalue weighted by Gasteiger charge is -2.31. The maximum absolute atomic E-state index is 5.39. The summed E-state index contributed by atoms with van der Waals surface area (Å²) in [6, 6.07) is 8.09. The van der Waals surface area contributed by atoms with Gasteiger partial charge in [0.2, 0.25) is 5.95 Å². The monoisotopic (exact) mass is 274 g/mol. The number of nitrogens with zero attached hydrogens (tertiary/aromatic N) is 2. The van der Waals surface area contributed by atoms with Gasteiger partial charge in [0, 0.05) is 33.3 Å². The first-order valence-corrected chi connectivity index (χ1v) is 7.29. The molecule has 0 bridgehead atoms. The zero-order valence-electron chi connectivity index (χ0n) is 11.9. The smallest absolute Gasteiger partial charge is 0.201 e. The van der Waals surface area contributed by atoms with E-state index in [1.807, 2.05) is 31.4 Å². The second-order valence-electron chi connectivity index (χ2n) is 5.31. The van der Waals surface area contributed by atoms with Gasteiger partial charge >= 0.3 is 0 Å². The second kappa shape index (κ2) is 6.24. The van der Waals surface area contributed by atoms with Crippen LogP contribution in [0.5, 0.6) is 0 Å². The number of likely N-dealkylation sites (tertiary alicyclic amines) is 1. The summed E-state index contributed by atoms with van der Waals surface area (Å²) < 4.78 is 5.39. The number of imidazole rings is 1. The van der Waals surface area contributed by atoms with Crippen molar-refractivity contribution in [3.05, 3.63) is 24.3 Å². The second-order valence-corrected chi connectivity index (χ2v) is 5.31. The number of anilines is 1. The van der Waals surface area contributed by atoms with E-state index in [9.17, 15) is 0 Å². The summed E-state index contributed by atoms with van der Waals surface area (Å²) in [5, 5.41) is 3.37. The van der Waals surface area contributed by atoms with Crippen molar-refractivity contribution in [1.29, 1.82) is 0 Å². The Bertz CT molecular complexity index is 513. The highest BCUT2D eigenvalue weighted by Gasteiger charge is 2.17. The average molecular weight is 274 g/mol. The Labute approximate surface area is 119 Å². The van der Waals surface area contributed by atoms with E-state index in [1.165, 1.54) is 0 Å². The summed E-state index contributed by atoms with van der Waals surface area (Å²) in [6.07, 6.45) is 2.73. The van der Waals surface area contributed by atoms with Crippen LogP contribution in [-0.4, -0.2) is 54.3 Å². The Kier molecular flexibility index (Phi) is 4.18. The van der Waals surface area contributed by atoms with Crippen molar-refractivity contribution in [3.8, 4) is 0 Å². The van der Waals surface area contributed by atoms with Crippen LogP contribution in [-0.2, 0) is 4.74 Å². The molecular formula is C15H22N4O. The van der Waals surface area contributed by atoms with Crippen molar-refractivity contribution in [1.82, 2.24) is 14.9 Å². The highest BCUT2D eigenvalue weighted by atomic mass is 16.5. The Balaban J connectivity index is 1.46. The molecule has 5 heteroatoms. The van der Waals surface area contributed by atoms with Gasteiger partial charge in [-0.15, -0.1) is 0 Å². The van der Waals surface area contributed by atoms with E-state index < -0.39 is 0 Å². The fourth-order valence-electron chi connectivity index (χ4n) is 2.74. The molecule has 0 saturated carbocycles. The molecule has 2 heterocycles. The Morgan fingerprint density at radius 1 is 1.35 bits per heavy atom. The molecule has 1 saturated heterocycles. The summed E-state index contributed by atoms with van der Waals surface area (Å²) in [5.74, 6) is 0.859. The minimum absolute atomic E-state index is 0.453. The summed E-state index contributed by atoms with van der Waals surface area (Å²) >= 11 is 0. The van der Waals surface area contributed by atoms with Crippen LogP contribution in [0.4, 0.5) is 5.95 Å². The van der Waals surface area contributed by atoms with Gasteiger partial charge in [-0.1, -0.05) is 12.1 Å². The highest BCUT2D eigenvalue weighted by Crippen LogP contribution is 2.14. The number of fused-ring (bicyclic) bond motifs is 1. The molecule has 3 rings (SSSR count). The number of aromatic amines is 1. The normalized spacial score (nSPS) is 17.6. The molecule has 0 aliphatic carbocycles. The molecule has 108 valence electrons. The number of nitrogens with one attached hydrogen (secondary N) is 2. The molecule has 0 atom stereocenters. The lowest BCUT2D eigenvalue weighted by atomic mass is 10.1. The van der Waals surface area contributed by atoms with Gasteiger partial charge < -0.3 is 19.9 Å². The highest BCUT2D eigenvalue weighted by molar-refractivity contribution is 5.77. The quantitative estimate of drug-likeness (QED) is 0.876. The van der Waals surface area contributed by atoms with Crippen LogP contribution in [0, 0.1) is 0 Å². The zero-order valence-corrected chi connectivity index (χ0v) is 11.9. The van der Waals surface area contributed by atoms with Crippen LogP contribution in [0.1, 0.15) is 12.8 Å². The zero-order chi connectivity index (χ0) is 13.8. The number of hydrogen-bond acceptors (Lipinski definition) is 4. The van der Waals surface area contributed by atoms with Crippen molar-refractivity contribution < 1.29 is 4.74 Å². The SMILES string of the molecule is COC1CCN(CCNc2nc3ccccc3[nH]2)CC1. The average Bonchev–Trinajstić information content (AvgIpc) is 2.90. The van der Waals surface area contributed by atoms with Crippen molar-refractivity contribution in [2.45, 2.75) is 18.9 Å². The van der Waals surface area contributed by atoms with Crippen molar-refractivity contribution in [3.63, 3.8) is 0 Å². The van der Waals surface area contributed by atoms with E-state index in [2.05, 4.69) is 20.2 Å². The molecule has 20 heavy (non-hydrogen) atoms. The van der Waals surface area contributed by atoms with E-state index in [0.29, 0.717) is 6.10 Å². The molecule has 2 N–H and O–H groups in total. The molecule has 1 fully saturated rings. The van der Waals surface area contributed by atoms with Gasteiger partial charge in [-0.2, -0.15) is 0 Å². The molecule has 0 radical (unpaired) electrons. The summed E-state index contributed by atoms with van der Waals surface area (Å²) in [6.45, 7) is 4.21. The summed E-state index contributed by atoms with van der Waals surface area (Å²) in [5.41, 5.74) is 2.09. The van der Waals surface area contributed by atoms with E-state index >= 15 is 0 Å². The maximum Gasteiger partial charge on any atom is 0.201 e. The molecule has 1 aromatic carbocycles. The van der Waals surface area contributed by atoms with Gasteiger partial charge in [0.25, 0.3) is 0 Å². The number of benzene rings is 1. The van der Waals surface area contributed by atoms with Crippen LogP contribution in [0.25, 0.3) is 11.0 Å². The molecule has 5 nitrogen and oxygen atoms in total. The third-order valence-electron chi connectivity index (χ3n) is 3.98. The van der Waals surface area contributed by atoms with Crippen molar-refractivity contribution in [2.24, 2.45) is 0 Å². The third kappa shape index (κ3) is 3.11. The Morgan fingerprint density at radius 3 is 2.90 bits per heavy atom. The minimum atomic E-state index is 0.453. The van der Waals surface area contributed by atoms with Crippen LogP contribution >= 0.6 is 0 Å². The third-order valence-corrected chi connectivity index (χ3v) is 3.98. The summed E-state index contributed by atoms with van der Waals surface area (Å²) in [7, 11) is 1.81. The first-order chi connectivity index (χ1) is 9.85. The molecular weight excluding hydrogens is 252 g/mol. The number of piperidine rings is 1. The number of ether oxygens (including phenoxy) is 1. The molecule has 1 aromatic heterocycles. The number of H-pyrrole nitrogens is 1. The minimum Gasteiger partial charge on any atom is -0.381 e. The molecule has 1 aliphatic rings. The Morgan fingerprint density at radius 2 is 2.15 bits per heavy atom. The fraction of sp³-hybridized carbons (Fsp3) is 0.533. The van der Waals surface area contributed by atoms with E-state index in [0.717, 1.165) is 56.0 Å². The van der Waals surface area contributed by atoms with Gasteiger partial charge in [-0.25, -0.2) is 4.98 Å². The van der Waals surface area contributed by atoms with E-state index in [-0.39, 0.29) is 0 Å². The lowest BCUT2D eigenvalue weighted by Crippen LogP contribution is -2.39. The number of hydrogen-bond donors (Lipinski definition) is 2. The van der Waals surface area contributed by atoms with Crippen LogP contribution in [0.3, 0.4) is 0 Å². The van der Waals surface area contributed by atoms with E-state index in [1.54, 1.807) is 0 Å². The number of methoxy groups -OCH3 is 1. The lowest BCUT2D eigenvalue weighted by molar-refractivity contribution is 0.0423. The van der Waals surface area contributed by atoms with Crippen LogP contribution < -0.4 is 5.32 Å². The maximum atomic E-state index is 5.39. The standard InChI is InChI=1S/C15H22N4O/c1-20-12-6-9-19(10-7-12)11-8-16-15-17-13-4-2-3-5-14(13)18-15/h2-5,12H,6-11H2,1H3,(H2,16,17,18).